The lowest BCUT2D eigenvalue weighted by atomic mass is 9.89. The number of amides is 1. The molecule has 1 heterocycles. The van der Waals surface area contributed by atoms with Crippen molar-refractivity contribution in [2.24, 2.45) is 0 Å². The third-order valence-corrected chi connectivity index (χ3v) is 5.54. The summed E-state index contributed by atoms with van der Waals surface area (Å²) in [6.45, 7) is 6.20. The van der Waals surface area contributed by atoms with Gasteiger partial charge in [-0.2, -0.15) is 0 Å². The zero-order valence-electron chi connectivity index (χ0n) is 16.9. The van der Waals surface area contributed by atoms with E-state index in [4.69, 9.17) is 0 Å². The lowest BCUT2D eigenvalue weighted by molar-refractivity contribution is 0.0974. The highest BCUT2D eigenvalue weighted by Gasteiger charge is 2.34. The molecule has 3 aromatic rings. The van der Waals surface area contributed by atoms with Crippen molar-refractivity contribution in [1.29, 1.82) is 0 Å². The minimum absolute atomic E-state index is 0.00528. The molecular weight excluding hydrogens is 363 g/mol. The van der Waals surface area contributed by atoms with Gasteiger partial charge in [-0.25, -0.2) is 4.39 Å². The molecule has 0 fully saturated rings. The van der Waals surface area contributed by atoms with Crippen LogP contribution in [0.5, 0.6) is 0 Å². The Bertz CT molecular complexity index is 1030. The van der Waals surface area contributed by atoms with Crippen LogP contribution in [0.4, 0.5) is 15.8 Å². The first-order valence-electron chi connectivity index (χ1n) is 9.95. The van der Waals surface area contributed by atoms with Crippen LogP contribution in [0, 0.1) is 19.7 Å². The summed E-state index contributed by atoms with van der Waals surface area (Å²) >= 11 is 0. The van der Waals surface area contributed by atoms with E-state index in [0.717, 1.165) is 28.9 Å². The Labute approximate surface area is 171 Å². The van der Waals surface area contributed by atoms with E-state index < -0.39 is 0 Å². The fourth-order valence-electron chi connectivity index (χ4n) is 4.01. The molecule has 3 aromatic carbocycles. The fourth-order valence-corrected chi connectivity index (χ4v) is 4.01. The number of anilines is 2. The topological polar surface area (TPSA) is 32.3 Å². The molecule has 0 radical (unpaired) electrons. The van der Waals surface area contributed by atoms with Crippen LogP contribution in [0.2, 0.25) is 0 Å². The Morgan fingerprint density at radius 3 is 2.31 bits per heavy atom. The van der Waals surface area contributed by atoms with Gasteiger partial charge in [-0.1, -0.05) is 35.4 Å². The van der Waals surface area contributed by atoms with Crippen molar-refractivity contribution >= 4 is 17.3 Å². The largest absolute Gasteiger partial charge is 0.378 e. The molecule has 1 aliphatic heterocycles. The van der Waals surface area contributed by atoms with Gasteiger partial charge in [-0.15, -0.1) is 0 Å². The Kier molecular flexibility index (Phi) is 5.10. The number of hydrogen-bond acceptors (Lipinski definition) is 2. The molecule has 0 spiro atoms. The summed E-state index contributed by atoms with van der Waals surface area (Å²) in [5, 5.41) is 3.64. The van der Waals surface area contributed by atoms with Crippen LogP contribution in [0.15, 0.2) is 66.7 Å². The molecule has 0 aromatic heterocycles. The van der Waals surface area contributed by atoms with Crippen molar-refractivity contribution in [2.75, 3.05) is 10.2 Å². The van der Waals surface area contributed by atoms with Gasteiger partial charge < -0.3 is 10.2 Å². The minimum Gasteiger partial charge on any atom is -0.378 e. The van der Waals surface area contributed by atoms with Crippen LogP contribution in [0.1, 0.15) is 46.4 Å². The van der Waals surface area contributed by atoms with E-state index >= 15 is 0 Å². The first-order valence-corrected chi connectivity index (χ1v) is 9.95. The molecule has 0 unspecified atom stereocenters. The highest BCUT2D eigenvalue weighted by molar-refractivity contribution is 6.07. The summed E-state index contributed by atoms with van der Waals surface area (Å²) in [4.78, 5) is 15.1. The third-order valence-electron chi connectivity index (χ3n) is 5.54. The quantitative estimate of drug-likeness (QED) is 0.594. The maximum atomic E-state index is 13.3. The van der Waals surface area contributed by atoms with E-state index in [1.807, 2.05) is 17.0 Å². The number of nitrogens with zero attached hydrogens (tertiary/aromatic N) is 1. The van der Waals surface area contributed by atoms with E-state index in [9.17, 15) is 9.18 Å². The van der Waals surface area contributed by atoms with Gasteiger partial charge in [-0.3, -0.25) is 4.79 Å². The van der Waals surface area contributed by atoms with Gasteiger partial charge in [0.25, 0.3) is 5.91 Å². The first kappa shape index (κ1) is 19.2. The number of hydrogen-bond donors (Lipinski definition) is 1. The molecule has 1 amide bonds. The molecule has 0 aliphatic carbocycles. The smallest absolute Gasteiger partial charge is 0.258 e. The van der Waals surface area contributed by atoms with Gasteiger partial charge >= 0.3 is 0 Å². The number of aryl methyl sites for hydroxylation is 2. The number of halogens is 1. The van der Waals surface area contributed by atoms with Gasteiger partial charge in [0.2, 0.25) is 0 Å². The molecule has 1 N–H and O–H groups in total. The molecule has 0 bridgehead atoms. The second kappa shape index (κ2) is 7.70. The van der Waals surface area contributed by atoms with E-state index in [0.29, 0.717) is 5.56 Å². The maximum Gasteiger partial charge on any atom is 0.258 e. The van der Waals surface area contributed by atoms with Crippen molar-refractivity contribution in [2.45, 2.75) is 39.3 Å². The lowest BCUT2D eigenvalue weighted by Crippen LogP contribution is -2.44. The Hall–Kier alpha value is -3.14. The number of rotatable bonds is 3. The first-order chi connectivity index (χ1) is 13.9. The summed E-state index contributed by atoms with van der Waals surface area (Å²) in [5.74, 6) is -0.442. The normalized spacial score (nSPS) is 18.3. The zero-order valence-corrected chi connectivity index (χ0v) is 16.9. The third kappa shape index (κ3) is 3.88. The number of fused-ring (bicyclic) bond motifs is 1. The van der Waals surface area contributed by atoms with Crippen molar-refractivity contribution < 1.29 is 9.18 Å². The van der Waals surface area contributed by atoms with Crippen LogP contribution < -0.4 is 10.2 Å². The molecule has 0 saturated heterocycles. The molecule has 4 heteroatoms. The second-order valence-electron chi connectivity index (χ2n) is 7.89. The molecular formula is C25H25FN2O. The number of carbonyl (C=O) groups excluding carboxylic acids is 1. The average molecular weight is 388 g/mol. The summed E-state index contributed by atoms with van der Waals surface area (Å²) in [5.41, 5.74) is 5.96. The molecule has 2 atom stereocenters. The minimum atomic E-state index is -0.341. The van der Waals surface area contributed by atoms with E-state index in [1.54, 1.807) is 12.1 Å². The van der Waals surface area contributed by atoms with Gasteiger partial charge in [0.15, 0.2) is 0 Å². The van der Waals surface area contributed by atoms with Crippen LogP contribution in [-0.2, 0) is 0 Å². The van der Waals surface area contributed by atoms with Gasteiger partial charge in [0, 0.05) is 23.0 Å². The molecule has 29 heavy (non-hydrogen) atoms. The fraction of sp³-hybridized carbons (Fsp3) is 0.240. The van der Waals surface area contributed by atoms with Crippen LogP contribution in [-0.4, -0.2) is 11.9 Å². The van der Waals surface area contributed by atoms with Crippen LogP contribution in [0.25, 0.3) is 0 Å². The molecule has 148 valence electrons. The second-order valence-corrected chi connectivity index (χ2v) is 7.89. The van der Waals surface area contributed by atoms with E-state index in [-0.39, 0.29) is 23.8 Å². The van der Waals surface area contributed by atoms with E-state index in [2.05, 4.69) is 56.4 Å². The monoisotopic (exact) mass is 388 g/mol. The SMILES string of the molecule is Cc1ccc(N[C@H]2C[C@@H](C)N(C(=O)c3ccc(F)cc3)c3ccc(C)cc32)cc1. The lowest BCUT2D eigenvalue weighted by Gasteiger charge is -2.40. The van der Waals surface area contributed by atoms with Crippen LogP contribution >= 0.6 is 0 Å². The highest BCUT2D eigenvalue weighted by Crippen LogP contribution is 2.40. The molecule has 4 rings (SSSR count). The number of benzene rings is 3. The Balaban J connectivity index is 1.70. The molecule has 1 aliphatic rings. The van der Waals surface area contributed by atoms with Crippen molar-refractivity contribution in [1.82, 2.24) is 0 Å². The highest BCUT2D eigenvalue weighted by atomic mass is 19.1. The summed E-state index contributed by atoms with van der Waals surface area (Å²) in [6.07, 6.45) is 0.789. The number of carbonyl (C=O) groups is 1. The van der Waals surface area contributed by atoms with Gasteiger partial charge in [0.1, 0.15) is 5.82 Å². The van der Waals surface area contributed by atoms with Gasteiger partial charge in [0.05, 0.1) is 6.04 Å². The summed E-state index contributed by atoms with van der Waals surface area (Å²) in [7, 11) is 0. The number of nitrogens with one attached hydrogen (secondary N) is 1. The summed E-state index contributed by atoms with van der Waals surface area (Å²) in [6, 6.07) is 20.5. The van der Waals surface area contributed by atoms with Crippen molar-refractivity contribution in [3.8, 4) is 0 Å². The zero-order chi connectivity index (χ0) is 20.5. The van der Waals surface area contributed by atoms with E-state index in [1.165, 1.54) is 17.7 Å². The predicted octanol–water partition coefficient (Wildman–Crippen LogP) is 6.03. The molecule has 0 saturated carbocycles. The predicted molar refractivity (Wildman–Crippen MR) is 116 cm³/mol. The average Bonchev–Trinajstić information content (AvgIpc) is 2.70. The Morgan fingerprint density at radius 2 is 1.62 bits per heavy atom. The maximum absolute atomic E-state index is 13.3. The van der Waals surface area contributed by atoms with Crippen molar-refractivity contribution in [3.63, 3.8) is 0 Å². The van der Waals surface area contributed by atoms with Gasteiger partial charge in [-0.05, 0) is 75.2 Å². The van der Waals surface area contributed by atoms with Crippen LogP contribution in [0.3, 0.4) is 0 Å². The van der Waals surface area contributed by atoms with Crippen molar-refractivity contribution in [3.05, 3.63) is 94.8 Å². The molecule has 3 nitrogen and oxygen atoms in total. The summed E-state index contributed by atoms with van der Waals surface area (Å²) < 4.78 is 13.3. The standard InChI is InChI=1S/C25H25FN2O/c1-16-4-11-21(12-5-16)27-23-15-18(3)28(24-13-6-17(2)14-22(23)24)25(29)19-7-9-20(26)10-8-19/h4-14,18,23,27H,15H2,1-3H3/t18-,23+/m1/s1. The Morgan fingerprint density at radius 1 is 0.966 bits per heavy atom.